The Morgan fingerprint density at radius 1 is 1.39 bits per heavy atom. The summed E-state index contributed by atoms with van der Waals surface area (Å²) in [6, 6.07) is 9.04. The fourth-order valence-corrected chi connectivity index (χ4v) is 1.99. The van der Waals surface area contributed by atoms with E-state index in [4.69, 9.17) is 10.6 Å². The summed E-state index contributed by atoms with van der Waals surface area (Å²) in [5.41, 5.74) is 8.09. The molecule has 1 aliphatic heterocycles. The molecule has 96 valence electrons. The van der Waals surface area contributed by atoms with Crippen LogP contribution in [-0.4, -0.2) is 24.1 Å². The molecule has 0 aliphatic carbocycles. The zero-order chi connectivity index (χ0) is 13.1. The first kappa shape index (κ1) is 12.4. The highest BCUT2D eigenvalue weighted by atomic mass is 16.7. The fraction of sp³-hybridized carbons (Fsp3) is 0.308. The average Bonchev–Trinajstić information content (AvgIpc) is 2.64. The second-order valence-electron chi connectivity index (χ2n) is 3.99. The van der Waals surface area contributed by atoms with Crippen LogP contribution < -0.4 is 10.7 Å². The van der Waals surface area contributed by atoms with E-state index < -0.39 is 6.04 Å². The molecule has 1 aromatic rings. The molecule has 0 saturated carbocycles. The minimum absolute atomic E-state index is 0.500. The monoisotopic (exact) mass is 247 g/mol. The Labute approximate surface area is 106 Å². The van der Waals surface area contributed by atoms with E-state index in [1.54, 1.807) is 10.2 Å². The van der Waals surface area contributed by atoms with Crippen LogP contribution in [-0.2, 0) is 9.63 Å². The third kappa shape index (κ3) is 1.93. The van der Waals surface area contributed by atoms with E-state index >= 15 is 0 Å². The molecule has 0 amide bonds. The Hall–Kier alpha value is -2.01. The lowest BCUT2D eigenvalue weighted by Crippen LogP contribution is -2.44. The summed E-state index contributed by atoms with van der Waals surface area (Å²) in [5.74, 6) is 0. The number of aldehydes is 1. The van der Waals surface area contributed by atoms with Gasteiger partial charge in [0.2, 0.25) is 0 Å². The molecule has 0 aromatic heterocycles. The number of para-hydroxylation sites is 1. The van der Waals surface area contributed by atoms with Crippen molar-refractivity contribution in [3.63, 3.8) is 0 Å². The van der Waals surface area contributed by atoms with Crippen molar-refractivity contribution in [2.24, 2.45) is 5.73 Å². The molecule has 0 spiro atoms. The van der Waals surface area contributed by atoms with Gasteiger partial charge in [0.1, 0.15) is 6.04 Å². The molecule has 0 bridgehead atoms. The first-order valence-electron chi connectivity index (χ1n) is 5.89. The van der Waals surface area contributed by atoms with Gasteiger partial charge in [-0.15, -0.1) is 0 Å². The van der Waals surface area contributed by atoms with Gasteiger partial charge in [-0.3, -0.25) is 4.84 Å². The quantitative estimate of drug-likeness (QED) is 0.816. The lowest BCUT2D eigenvalue weighted by Gasteiger charge is -2.33. The maximum Gasteiger partial charge on any atom is 0.150 e. The normalized spacial score (nSPS) is 19.6. The van der Waals surface area contributed by atoms with Gasteiger partial charge in [-0.1, -0.05) is 18.2 Å². The topological polar surface area (TPSA) is 58.8 Å². The Balaban J connectivity index is 2.40. The molecular formula is C13H17N3O2. The Bertz CT molecular complexity index is 459. The maximum absolute atomic E-state index is 11.3. The van der Waals surface area contributed by atoms with E-state index in [0.717, 1.165) is 17.7 Å². The summed E-state index contributed by atoms with van der Waals surface area (Å²) in [5, 5.41) is 3.34. The van der Waals surface area contributed by atoms with Crippen molar-refractivity contribution < 1.29 is 9.63 Å². The number of nitrogens with two attached hydrogens (primary N) is 1. The number of hydrazine groups is 1. The molecule has 5 nitrogen and oxygen atoms in total. The number of hydrogen-bond donors (Lipinski definition) is 1. The van der Waals surface area contributed by atoms with Crippen LogP contribution in [0.25, 0.3) is 0 Å². The number of carbonyl (C=O) groups is 1. The molecule has 18 heavy (non-hydrogen) atoms. The number of allylic oxidation sites excluding steroid dienone is 1. The Morgan fingerprint density at radius 3 is 2.61 bits per heavy atom. The number of hydroxylamine groups is 1. The smallest absolute Gasteiger partial charge is 0.150 e. The summed E-state index contributed by atoms with van der Waals surface area (Å²) in [4.78, 5) is 16.8. The van der Waals surface area contributed by atoms with Crippen molar-refractivity contribution in [1.29, 1.82) is 0 Å². The lowest BCUT2D eigenvalue weighted by atomic mass is 10.2. The molecular weight excluding hydrogens is 230 g/mol. The molecule has 1 unspecified atom stereocenters. The fourth-order valence-electron chi connectivity index (χ4n) is 1.99. The number of rotatable bonds is 4. The first-order valence-corrected chi connectivity index (χ1v) is 5.89. The highest BCUT2D eigenvalue weighted by Gasteiger charge is 2.36. The highest BCUT2D eigenvalue weighted by molar-refractivity contribution is 5.72. The molecule has 2 N–H and O–H groups in total. The minimum Gasteiger partial charge on any atom is -0.398 e. The molecule has 0 radical (unpaired) electrons. The van der Waals surface area contributed by atoms with E-state index in [2.05, 4.69) is 0 Å². The van der Waals surface area contributed by atoms with E-state index in [9.17, 15) is 4.79 Å². The first-order chi connectivity index (χ1) is 8.70. The van der Waals surface area contributed by atoms with Gasteiger partial charge in [-0.05, 0) is 26.0 Å². The SMILES string of the molecule is CCON1C(C)=C(N)C(C=O)N1c1ccccc1. The standard InChI is InChI=1S/C13H17N3O2/c1-3-18-16-10(2)13(14)12(9-17)15(16)11-7-5-4-6-8-11/h4-9,12H,3,14H2,1-2H3. The van der Waals surface area contributed by atoms with Crippen molar-refractivity contribution in [2.45, 2.75) is 19.9 Å². The number of nitrogens with zero attached hydrogens (tertiary/aromatic N) is 2. The highest BCUT2D eigenvalue weighted by Crippen LogP contribution is 2.30. The van der Waals surface area contributed by atoms with Crippen molar-refractivity contribution >= 4 is 12.0 Å². The van der Waals surface area contributed by atoms with Gasteiger partial charge in [0, 0.05) is 0 Å². The van der Waals surface area contributed by atoms with Gasteiger partial charge >= 0.3 is 0 Å². The third-order valence-corrected chi connectivity index (χ3v) is 2.88. The zero-order valence-corrected chi connectivity index (χ0v) is 10.5. The van der Waals surface area contributed by atoms with Crippen LogP contribution in [0.3, 0.4) is 0 Å². The Kier molecular flexibility index (Phi) is 3.53. The predicted octanol–water partition coefficient (Wildman–Crippen LogP) is 1.43. The van der Waals surface area contributed by atoms with Crippen LogP contribution in [0, 0.1) is 0 Å². The Morgan fingerprint density at radius 2 is 2.06 bits per heavy atom. The van der Waals surface area contributed by atoms with Crippen LogP contribution >= 0.6 is 0 Å². The van der Waals surface area contributed by atoms with E-state index in [1.807, 2.05) is 44.2 Å². The molecule has 2 rings (SSSR count). The van der Waals surface area contributed by atoms with Crippen LogP contribution in [0.1, 0.15) is 13.8 Å². The molecule has 0 fully saturated rings. The summed E-state index contributed by atoms with van der Waals surface area (Å²) in [7, 11) is 0. The summed E-state index contributed by atoms with van der Waals surface area (Å²) < 4.78 is 0. The van der Waals surface area contributed by atoms with Gasteiger partial charge in [0.05, 0.1) is 23.7 Å². The molecule has 1 aromatic carbocycles. The molecule has 5 heteroatoms. The number of anilines is 1. The lowest BCUT2D eigenvalue weighted by molar-refractivity contribution is -0.134. The summed E-state index contributed by atoms with van der Waals surface area (Å²) in [6.45, 7) is 4.23. The van der Waals surface area contributed by atoms with Gasteiger partial charge in [0.15, 0.2) is 6.29 Å². The maximum atomic E-state index is 11.3. The zero-order valence-electron chi connectivity index (χ0n) is 10.5. The van der Waals surface area contributed by atoms with Crippen molar-refractivity contribution in [3.05, 3.63) is 41.7 Å². The second kappa shape index (κ2) is 5.10. The van der Waals surface area contributed by atoms with E-state index in [-0.39, 0.29) is 0 Å². The molecule has 0 saturated heterocycles. The number of carbonyl (C=O) groups excluding carboxylic acids is 1. The second-order valence-corrected chi connectivity index (χ2v) is 3.99. The predicted molar refractivity (Wildman–Crippen MR) is 69.1 cm³/mol. The number of hydrogen-bond acceptors (Lipinski definition) is 5. The van der Waals surface area contributed by atoms with Crippen LogP contribution in [0.15, 0.2) is 41.7 Å². The molecule has 1 atom stereocenters. The van der Waals surface area contributed by atoms with Gasteiger partial charge in [-0.25, -0.2) is 5.01 Å². The largest absolute Gasteiger partial charge is 0.398 e. The summed E-state index contributed by atoms with van der Waals surface area (Å²) >= 11 is 0. The van der Waals surface area contributed by atoms with Crippen LogP contribution in [0.5, 0.6) is 0 Å². The third-order valence-electron chi connectivity index (χ3n) is 2.88. The van der Waals surface area contributed by atoms with Gasteiger partial charge < -0.3 is 10.5 Å². The van der Waals surface area contributed by atoms with Crippen LogP contribution in [0.4, 0.5) is 5.69 Å². The van der Waals surface area contributed by atoms with Crippen molar-refractivity contribution in [3.8, 4) is 0 Å². The van der Waals surface area contributed by atoms with E-state index in [1.165, 1.54) is 0 Å². The summed E-state index contributed by atoms with van der Waals surface area (Å²) in [6.07, 6.45) is 0.824. The number of benzene rings is 1. The minimum atomic E-state index is -0.515. The molecule has 1 aliphatic rings. The van der Waals surface area contributed by atoms with Gasteiger partial charge in [0.25, 0.3) is 0 Å². The average molecular weight is 247 g/mol. The van der Waals surface area contributed by atoms with Gasteiger partial charge in [-0.2, -0.15) is 5.17 Å². The van der Waals surface area contributed by atoms with Crippen molar-refractivity contribution in [2.75, 3.05) is 11.6 Å². The molecule has 1 heterocycles. The van der Waals surface area contributed by atoms with Crippen molar-refractivity contribution in [1.82, 2.24) is 5.17 Å². The van der Waals surface area contributed by atoms with Crippen LogP contribution in [0.2, 0.25) is 0 Å². The van der Waals surface area contributed by atoms with E-state index in [0.29, 0.717) is 12.3 Å².